The van der Waals surface area contributed by atoms with E-state index in [-0.39, 0.29) is 0 Å². The lowest BCUT2D eigenvalue weighted by molar-refractivity contribution is 0.617. The molecule has 1 atom stereocenters. The largest absolute Gasteiger partial charge is 0.368 e. The van der Waals surface area contributed by atoms with Crippen LogP contribution in [0.1, 0.15) is 30.4 Å². The highest BCUT2D eigenvalue weighted by Crippen LogP contribution is 2.32. The first-order valence-electron chi connectivity index (χ1n) is 6.27. The molecule has 0 radical (unpaired) electrons. The topological polar surface area (TPSA) is 29.3 Å². The van der Waals surface area contributed by atoms with Crippen molar-refractivity contribution in [1.82, 2.24) is 0 Å². The fourth-order valence-electron chi connectivity index (χ4n) is 2.88. The average molecular weight is 218 g/mol. The number of nitrogens with zero attached hydrogens (tertiary/aromatic N) is 1. The van der Waals surface area contributed by atoms with Crippen LogP contribution >= 0.6 is 0 Å². The third-order valence-corrected chi connectivity index (χ3v) is 3.60. The van der Waals surface area contributed by atoms with Crippen molar-refractivity contribution in [2.24, 2.45) is 5.73 Å². The van der Waals surface area contributed by atoms with E-state index in [2.05, 4.69) is 36.9 Å². The summed E-state index contributed by atoms with van der Waals surface area (Å²) in [6.07, 6.45) is 3.72. The number of rotatable bonds is 3. The Bertz CT molecular complexity index is 340. The molecule has 16 heavy (non-hydrogen) atoms. The van der Waals surface area contributed by atoms with E-state index in [1.165, 1.54) is 36.2 Å². The Labute approximate surface area is 98.4 Å². The summed E-state index contributed by atoms with van der Waals surface area (Å²) in [5.74, 6) is 0. The molecule has 1 aliphatic rings. The van der Waals surface area contributed by atoms with Crippen LogP contribution in [0.2, 0.25) is 0 Å². The summed E-state index contributed by atoms with van der Waals surface area (Å²) in [7, 11) is 0. The third-order valence-electron chi connectivity index (χ3n) is 3.60. The molecule has 2 rings (SSSR count). The van der Waals surface area contributed by atoms with Crippen LogP contribution in [-0.4, -0.2) is 19.1 Å². The Balaban J connectivity index is 2.29. The van der Waals surface area contributed by atoms with Gasteiger partial charge in [0.2, 0.25) is 0 Å². The summed E-state index contributed by atoms with van der Waals surface area (Å²) in [6, 6.07) is 7.22. The van der Waals surface area contributed by atoms with Crippen molar-refractivity contribution < 1.29 is 0 Å². The molecule has 1 aliphatic heterocycles. The molecule has 0 aliphatic carbocycles. The second-order valence-electron chi connectivity index (χ2n) is 4.81. The van der Waals surface area contributed by atoms with E-state index in [1.54, 1.807) is 0 Å². The van der Waals surface area contributed by atoms with Crippen LogP contribution in [0.4, 0.5) is 5.69 Å². The van der Waals surface area contributed by atoms with E-state index in [9.17, 15) is 0 Å². The molecule has 0 saturated carbocycles. The molecule has 2 nitrogen and oxygen atoms in total. The van der Waals surface area contributed by atoms with Gasteiger partial charge in [-0.3, -0.25) is 0 Å². The van der Waals surface area contributed by atoms with E-state index >= 15 is 0 Å². The fraction of sp³-hybridized carbons (Fsp3) is 0.571. The lowest BCUT2D eigenvalue weighted by Crippen LogP contribution is -2.32. The minimum atomic E-state index is 0.657. The molecule has 0 bridgehead atoms. The van der Waals surface area contributed by atoms with Gasteiger partial charge in [0.05, 0.1) is 0 Å². The van der Waals surface area contributed by atoms with Gasteiger partial charge in [-0.15, -0.1) is 0 Å². The highest BCUT2D eigenvalue weighted by atomic mass is 15.2. The summed E-state index contributed by atoms with van der Waals surface area (Å²) in [4.78, 5) is 2.57. The molecule has 1 heterocycles. The zero-order valence-corrected chi connectivity index (χ0v) is 10.4. The molecule has 1 unspecified atom stereocenters. The molecular weight excluding hydrogens is 196 g/mol. The van der Waals surface area contributed by atoms with Crippen LogP contribution in [0.3, 0.4) is 0 Å². The van der Waals surface area contributed by atoms with E-state index in [1.807, 2.05) is 0 Å². The van der Waals surface area contributed by atoms with Gasteiger partial charge in [-0.1, -0.05) is 18.2 Å². The zero-order chi connectivity index (χ0) is 11.5. The van der Waals surface area contributed by atoms with Crippen LogP contribution < -0.4 is 10.6 Å². The minimum Gasteiger partial charge on any atom is -0.368 e. The first-order valence-corrected chi connectivity index (χ1v) is 6.27. The van der Waals surface area contributed by atoms with Crippen molar-refractivity contribution in [3.8, 4) is 0 Å². The number of hydrogen-bond donors (Lipinski definition) is 1. The minimum absolute atomic E-state index is 0.657. The Kier molecular flexibility index (Phi) is 3.49. The number of benzene rings is 1. The molecule has 1 fully saturated rings. The van der Waals surface area contributed by atoms with Crippen LogP contribution in [0.25, 0.3) is 0 Å². The van der Waals surface area contributed by atoms with Gasteiger partial charge < -0.3 is 10.6 Å². The van der Waals surface area contributed by atoms with Crippen LogP contribution in [-0.2, 0) is 0 Å². The van der Waals surface area contributed by atoms with E-state index in [0.29, 0.717) is 6.04 Å². The van der Waals surface area contributed by atoms with Gasteiger partial charge in [0, 0.05) is 18.3 Å². The molecule has 1 aromatic carbocycles. The van der Waals surface area contributed by atoms with Crippen LogP contribution in [0.5, 0.6) is 0 Å². The highest BCUT2D eigenvalue weighted by molar-refractivity contribution is 5.60. The normalized spacial score (nSPS) is 20.4. The number of para-hydroxylation sites is 1. The van der Waals surface area contributed by atoms with Gasteiger partial charge in [-0.25, -0.2) is 0 Å². The number of aryl methyl sites for hydroxylation is 2. The van der Waals surface area contributed by atoms with Crippen molar-refractivity contribution in [2.75, 3.05) is 18.0 Å². The Hall–Kier alpha value is -1.02. The third kappa shape index (κ3) is 2.07. The Morgan fingerprint density at radius 1 is 1.31 bits per heavy atom. The maximum atomic E-state index is 5.70. The molecule has 0 spiro atoms. The van der Waals surface area contributed by atoms with Crippen molar-refractivity contribution in [2.45, 2.75) is 39.2 Å². The van der Waals surface area contributed by atoms with Crippen molar-refractivity contribution in [1.29, 1.82) is 0 Å². The molecule has 2 N–H and O–H groups in total. The molecule has 1 saturated heterocycles. The summed E-state index contributed by atoms with van der Waals surface area (Å²) in [5, 5.41) is 0. The van der Waals surface area contributed by atoms with E-state index in [0.717, 1.165) is 13.0 Å². The van der Waals surface area contributed by atoms with E-state index < -0.39 is 0 Å². The lowest BCUT2D eigenvalue weighted by Gasteiger charge is -2.29. The number of hydrogen-bond acceptors (Lipinski definition) is 2. The smallest absolute Gasteiger partial charge is 0.0428 e. The lowest BCUT2D eigenvalue weighted by atomic mass is 10.1. The quantitative estimate of drug-likeness (QED) is 0.845. The fourth-order valence-corrected chi connectivity index (χ4v) is 2.88. The monoisotopic (exact) mass is 218 g/mol. The zero-order valence-electron chi connectivity index (χ0n) is 10.4. The predicted octanol–water partition coefficient (Wildman–Crippen LogP) is 2.62. The molecule has 0 amide bonds. The molecule has 1 aromatic rings. The maximum Gasteiger partial charge on any atom is 0.0428 e. The van der Waals surface area contributed by atoms with Crippen LogP contribution in [0, 0.1) is 13.8 Å². The second kappa shape index (κ2) is 4.88. The van der Waals surface area contributed by atoms with Crippen LogP contribution in [0.15, 0.2) is 18.2 Å². The number of nitrogens with two attached hydrogens (primary N) is 1. The van der Waals surface area contributed by atoms with Crippen molar-refractivity contribution in [3.63, 3.8) is 0 Å². The molecule has 0 aromatic heterocycles. The van der Waals surface area contributed by atoms with Crippen molar-refractivity contribution in [3.05, 3.63) is 29.3 Å². The highest BCUT2D eigenvalue weighted by Gasteiger charge is 2.25. The molecular formula is C14H22N2. The van der Waals surface area contributed by atoms with Gasteiger partial charge in [-0.05, 0) is 50.8 Å². The average Bonchev–Trinajstić information content (AvgIpc) is 2.67. The predicted molar refractivity (Wildman–Crippen MR) is 70.0 cm³/mol. The Morgan fingerprint density at radius 2 is 2.00 bits per heavy atom. The number of anilines is 1. The van der Waals surface area contributed by atoms with Gasteiger partial charge >= 0.3 is 0 Å². The van der Waals surface area contributed by atoms with E-state index in [4.69, 9.17) is 5.73 Å². The first-order chi connectivity index (χ1) is 7.74. The second-order valence-corrected chi connectivity index (χ2v) is 4.81. The van der Waals surface area contributed by atoms with Crippen molar-refractivity contribution >= 4 is 5.69 Å². The van der Waals surface area contributed by atoms with Gasteiger partial charge in [0.1, 0.15) is 0 Å². The summed E-state index contributed by atoms with van der Waals surface area (Å²) >= 11 is 0. The SMILES string of the molecule is Cc1cccc(C)c1N1CCCC1CCN. The molecule has 88 valence electrons. The Morgan fingerprint density at radius 3 is 2.62 bits per heavy atom. The summed E-state index contributed by atoms with van der Waals surface area (Å²) in [5.41, 5.74) is 9.93. The van der Waals surface area contributed by atoms with Gasteiger partial charge in [0.15, 0.2) is 0 Å². The first kappa shape index (κ1) is 11.5. The molecule has 2 heteroatoms. The van der Waals surface area contributed by atoms with Gasteiger partial charge in [0.25, 0.3) is 0 Å². The summed E-state index contributed by atoms with van der Waals surface area (Å²) < 4.78 is 0. The van der Waals surface area contributed by atoms with Gasteiger partial charge in [-0.2, -0.15) is 0 Å². The maximum absolute atomic E-state index is 5.70. The standard InChI is InChI=1S/C14H22N2/c1-11-5-3-6-12(2)14(11)16-10-4-7-13(16)8-9-15/h3,5-6,13H,4,7-10,15H2,1-2H3. The summed E-state index contributed by atoms with van der Waals surface area (Å²) in [6.45, 7) is 6.41.